The third kappa shape index (κ3) is 2.20. The smallest absolute Gasteiger partial charge is 0.308 e. The lowest BCUT2D eigenvalue weighted by atomic mass is 10.4. The minimum absolute atomic E-state index is 0.286. The Kier molecular flexibility index (Phi) is 2.44. The first kappa shape index (κ1) is 8.01. The molecule has 0 aliphatic heterocycles. The molecule has 1 rings (SSSR count). The number of hydrogen-bond acceptors (Lipinski definition) is 3. The van der Waals surface area contributed by atoms with Gasteiger partial charge in [-0.3, -0.25) is 9.78 Å². The predicted octanol–water partition coefficient (Wildman–Crippen LogP) is 1.46. The van der Waals surface area contributed by atoms with Gasteiger partial charge in [0.2, 0.25) is 0 Å². The number of ether oxygens (including phenoxy) is 1. The van der Waals surface area contributed by atoms with Crippen molar-refractivity contribution in [2.24, 2.45) is 0 Å². The van der Waals surface area contributed by atoms with Crippen LogP contribution in [0.2, 0.25) is 5.02 Å². The van der Waals surface area contributed by atoms with Crippen LogP contribution < -0.4 is 4.74 Å². The van der Waals surface area contributed by atoms with Crippen LogP contribution in [0.25, 0.3) is 0 Å². The molecule has 0 amide bonds. The van der Waals surface area contributed by atoms with Gasteiger partial charge in [-0.1, -0.05) is 11.6 Å². The summed E-state index contributed by atoms with van der Waals surface area (Å²) in [7, 11) is 0. The van der Waals surface area contributed by atoms with E-state index in [1.165, 1.54) is 19.2 Å². The maximum absolute atomic E-state index is 10.5. The van der Waals surface area contributed by atoms with Crippen LogP contribution in [0.4, 0.5) is 0 Å². The monoisotopic (exact) mass is 170 g/mol. The summed E-state index contributed by atoms with van der Waals surface area (Å²) < 4.78 is 4.70. The number of hydrogen-bond donors (Lipinski definition) is 0. The highest BCUT2D eigenvalue weighted by Crippen LogP contribution is 2.21. The van der Waals surface area contributed by atoms with Crippen molar-refractivity contribution in [3.8, 4) is 5.75 Å². The Bertz CT molecular complexity index is 275. The number of pyridine rings is 1. The van der Waals surface area contributed by atoms with E-state index in [9.17, 15) is 4.79 Å². The number of carbonyl (C=O) groups excluding carboxylic acids is 1. The summed E-state index contributed by atoms with van der Waals surface area (Å²) in [5, 5.41) is 0.305. The van der Waals surface area contributed by atoms with Gasteiger partial charge < -0.3 is 4.74 Å². The number of halogens is 1. The van der Waals surface area contributed by atoms with Crippen molar-refractivity contribution in [3.05, 3.63) is 23.5 Å². The molecule has 1 radical (unpaired) electrons. The number of esters is 1. The highest BCUT2D eigenvalue weighted by molar-refractivity contribution is 6.32. The van der Waals surface area contributed by atoms with Crippen LogP contribution in [0.3, 0.4) is 0 Å². The summed E-state index contributed by atoms with van der Waals surface area (Å²) in [5.41, 5.74) is 0. The summed E-state index contributed by atoms with van der Waals surface area (Å²) in [6.07, 6.45) is 3.86. The van der Waals surface area contributed by atoms with Crippen molar-refractivity contribution in [3.63, 3.8) is 0 Å². The molecule has 0 spiro atoms. The molecule has 1 aromatic heterocycles. The van der Waals surface area contributed by atoms with Crippen molar-refractivity contribution in [2.75, 3.05) is 0 Å². The predicted molar refractivity (Wildman–Crippen MR) is 39.4 cm³/mol. The van der Waals surface area contributed by atoms with Gasteiger partial charge in [-0.2, -0.15) is 0 Å². The van der Waals surface area contributed by atoms with E-state index >= 15 is 0 Å². The Balaban J connectivity index is 2.86. The quantitative estimate of drug-likeness (QED) is 0.599. The van der Waals surface area contributed by atoms with E-state index in [2.05, 4.69) is 11.2 Å². The maximum atomic E-state index is 10.5. The van der Waals surface area contributed by atoms with Gasteiger partial charge >= 0.3 is 5.97 Å². The van der Waals surface area contributed by atoms with Crippen LogP contribution in [0.15, 0.2) is 12.3 Å². The zero-order chi connectivity index (χ0) is 8.27. The molecule has 0 aliphatic carbocycles. The van der Waals surface area contributed by atoms with Crippen LogP contribution in [0, 0.1) is 6.20 Å². The van der Waals surface area contributed by atoms with Crippen molar-refractivity contribution in [1.82, 2.24) is 4.98 Å². The lowest BCUT2D eigenvalue weighted by Gasteiger charge is -2.00. The highest BCUT2D eigenvalue weighted by Gasteiger charge is 2.02. The van der Waals surface area contributed by atoms with Gasteiger partial charge in [-0.25, -0.2) is 0 Å². The molecule has 3 nitrogen and oxygen atoms in total. The first-order valence-corrected chi connectivity index (χ1v) is 3.28. The Morgan fingerprint density at radius 2 is 2.55 bits per heavy atom. The zero-order valence-electron chi connectivity index (χ0n) is 5.80. The van der Waals surface area contributed by atoms with Gasteiger partial charge in [0.25, 0.3) is 0 Å². The van der Waals surface area contributed by atoms with Gasteiger partial charge in [-0.05, 0) is 0 Å². The largest absolute Gasteiger partial charge is 0.425 e. The molecular formula is C7H5ClNO2. The summed E-state index contributed by atoms with van der Waals surface area (Å²) in [6, 6.07) is 1.41. The van der Waals surface area contributed by atoms with Crippen molar-refractivity contribution in [2.45, 2.75) is 6.92 Å². The Hall–Kier alpha value is -1.09. The van der Waals surface area contributed by atoms with E-state index in [-0.39, 0.29) is 5.75 Å². The highest BCUT2D eigenvalue weighted by atomic mass is 35.5. The number of aromatic nitrogens is 1. The Morgan fingerprint density at radius 1 is 1.82 bits per heavy atom. The molecule has 0 saturated carbocycles. The van der Waals surface area contributed by atoms with Gasteiger partial charge in [0.05, 0.1) is 12.4 Å². The lowest BCUT2D eigenvalue weighted by molar-refractivity contribution is -0.131. The lowest BCUT2D eigenvalue weighted by Crippen LogP contribution is -2.01. The van der Waals surface area contributed by atoms with Crippen molar-refractivity contribution in [1.29, 1.82) is 0 Å². The molecule has 0 saturated heterocycles. The number of carbonyl (C=O) groups is 1. The molecule has 1 heterocycles. The average molecular weight is 171 g/mol. The topological polar surface area (TPSA) is 39.2 Å². The third-order valence-electron chi connectivity index (χ3n) is 0.937. The van der Waals surface area contributed by atoms with E-state index in [0.717, 1.165) is 0 Å². The Morgan fingerprint density at radius 3 is 3.09 bits per heavy atom. The molecular weight excluding hydrogens is 166 g/mol. The fraction of sp³-hybridized carbons (Fsp3) is 0.143. The van der Waals surface area contributed by atoms with E-state index < -0.39 is 5.97 Å². The minimum atomic E-state index is -0.411. The molecule has 0 aromatic carbocycles. The summed E-state index contributed by atoms with van der Waals surface area (Å²) in [6.45, 7) is 1.30. The first-order chi connectivity index (χ1) is 5.20. The van der Waals surface area contributed by atoms with Gasteiger partial charge in [0.1, 0.15) is 5.02 Å². The van der Waals surface area contributed by atoms with E-state index in [1.54, 1.807) is 0 Å². The molecule has 0 unspecified atom stereocenters. The summed E-state index contributed by atoms with van der Waals surface area (Å²) in [5.74, 6) is -0.124. The standard InChI is InChI=1S/C7H5ClNO2/c1-5(10)11-7-2-3-9-4-6(7)8/h2,4H,1H3. The Labute approximate surface area is 69.0 Å². The maximum Gasteiger partial charge on any atom is 0.308 e. The normalized spacial score (nSPS) is 9.27. The van der Waals surface area contributed by atoms with E-state index in [4.69, 9.17) is 16.3 Å². The van der Waals surface area contributed by atoms with Gasteiger partial charge in [0, 0.05) is 13.0 Å². The van der Waals surface area contributed by atoms with Gasteiger partial charge in [0.15, 0.2) is 5.75 Å². The van der Waals surface area contributed by atoms with Crippen molar-refractivity contribution >= 4 is 17.6 Å². The second-order valence-corrected chi connectivity index (χ2v) is 2.24. The van der Waals surface area contributed by atoms with Gasteiger partial charge in [-0.15, -0.1) is 0 Å². The molecule has 0 fully saturated rings. The van der Waals surface area contributed by atoms with E-state index in [1.807, 2.05) is 0 Å². The summed E-state index contributed by atoms with van der Waals surface area (Å²) in [4.78, 5) is 14.1. The van der Waals surface area contributed by atoms with Crippen molar-refractivity contribution < 1.29 is 9.53 Å². The molecule has 0 atom stereocenters. The second-order valence-electron chi connectivity index (χ2n) is 1.84. The average Bonchev–Trinajstić information content (AvgIpc) is 1.93. The van der Waals surface area contributed by atoms with E-state index in [0.29, 0.717) is 5.02 Å². The number of nitrogens with zero attached hydrogens (tertiary/aromatic N) is 1. The SMILES string of the molecule is CC(=O)Oc1c[c]ncc1Cl. The molecule has 11 heavy (non-hydrogen) atoms. The molecule has 4 heteroatoms. The fourth-order valence-electron chi connectivity index (χ4n) is 0.555. The number of rotatable bonds is 1. The molecule has 0 N–H and O–H groups in total. The molecule has 1 aromatic rings. The third-order valence-corrected chi connectivity index (χ3v) is 1.22. The molecule has 0 aliphatic rings. The van der Waals surface area contributed by atoms with Crippen LogP contribution in [0.5, 0.6) is 5.75 Å². The van der Waals surface area contributed by atoms with Crippen LogP contribution in [-0.2, 0) is 4.79 Å². The van der Waals surface area contributed by atoms with Crippen LogP contribution >= 0.6 is 11.6 Å². The fourth-order valence-corrected chi connectivity index (χ4v) is 0.697. The summed E-state index contributed by atoms with van der Waals surface area (Å²) >= 11 is 5.61. The zero-order valence-corrected chi connectivity index (χ0v) is 6.55. The minimum Gasteiger partial charge on any atom is -0.425 e. The first-order valence-electron chi connectivity index (χ1n) is 2.90. The van der Waals surface area contributed by atoms with Crippen LogP contribution in [0.1, 0.15) is 6.92 Å². The molecule has 0 bridgehead atoms. The van der Waals surface area contributed by atoms with Crippen LogP contribution in [-0.4, -0.2) is 11.0 Å². The second kappa shape index (κ2) is 3.34. The molecule has 57 valence electrons.